The van der Waals surface area contributed by atoms with Crippen LogP contribution in [0.5, 0.6) is 11.5 Å². The van der Waals surface area contributed by atoms with E-state index in [0.717, 1.165) is 12.0 Å². The zero-order valence-electron chi connectivity index (χ0n) is 15.9. The number of aliphatic hydroxyl groups is 1. The maximum Gasteiger partial charge on any atom is 0.262 e. The largest absolute Gasteiger partial charge is 0.495 e. The van der Waals surface area contributed by atoms with Crippen molar-refractivity contribution in [1.29, 1.82) is 0 Å². The Morgan fingerprint density at radius 3 is 2.54 bits per heavy atom. The van der Waals surface area contributed by atoms with Crippen molar-refractivity contribution >= 4 is 11.6 Å². The molecule has 6 heteroatoms. The molecule has 0 saturated carbocycles. The van der Waals surface area contributed by atoms with Crippen molar-refractivity contribution in [1.82, 2.24) is 0 Å². The number of hydrogen-bond acceptors (Lipinski definition) is 5. The SMILES string of the molecule is CCc1ccc(OCC(=O)Nc2cc(-c3ccc(CO)o3)ccc2OC)cc1. The minimum atomic E-state index is -0.300. The van der Waals surface area contributed by atoms with Crippen molar-refractivity contribution in [3.8, 4) is 22.8 Å². The van der Waals surface area contributed by atoms with E-state index in [-0.39, 0.29) is 19.1 Å². The van der Waals surface area contributed by atoms with E-state index in [1.54, 1.807) is 24.3 Å². The summed E-state index contributed by atoms with van der Waals surface area (Å²) in [5, 5.41) is 12.0. The summed E-state index contributed by atoms with van der Waals surface area (Å²) in [5.41, 5.74) is 2.48. The summed E-state index contributed by atoms with van der Waals surface area (Å²) in [6.45, 7) is 1.79. The fourth-order valence-corrected chi connectivity index (χ4v) is 2.73. The van der Waals surface area contributed by atoms with Crippen LogP contribution in [0.3, 0.4) is 0 Å². The van der Waals surface area contributed by atoms with E-state index in [0.29, 0.717) is 28.7 Å². The molecule has 0 fully saturated rings. The van der Waals surface area contributed by atoms with E-state index in [1.165, 1.54) is 12.7 Å². The van der Waals surface area contributed by atoms with Gasteiger partial charge in [0.2, 0.25) is 0 Å². The first-order valence-corrected chi connectivity index (χ1v) is 9.02. The standard InChI is InChI=1S/C22H23NO5/c1-3-15-4-7-17(8-5-15)27-14-22(25)23-19-12-16(6-10-21(19)26-2)20-11-9-18(13-24)28-20/h4-12,24H,3,13-14H2,1-2H3,(H,23,25). The summed E-state index contributed by atoms with van der Waals surface area (Å²) in [7, 11) is 1.53. The Kier molecular flexibility index (Phi) is 6.34. The molecule has 2 aromatic carbocycles. The fraction of sp³-hybridized carbons (Fsp3) is 0.227. The Morgan fingerprint density at radius 1 is 1.11 bits per heavy atom. The second-order valence-electron chi connectivity index (χ2n) is 6.17. The lowest BCUT2D eigenvalue weighted by molar-refractivity contribution is -0.118. The first kappa shape index (κ1) is 19.5. The molecule has 1 amide bonds. The molecule has 0 aliphatic heterocycles. The molecule has 3 rings (SSSR count). The number of aryl methyl sites for hydroxylation is 1. The van der Waals surface area contributed by atoms with Crippen molar-refractivity contribution in [2.75, 3.05) is 19.0 Å². The van der Waals surface area contributed by atoms with Crippen LogP contribution in [0.25, 0.3) is 11.3 Å². The molecular formula is C22H23NO5. The molecule has 0 unspecified atom stereocenters. The smallest absolute Gasteiger partial charge is 0.262 e. The predicted molar refractivity (Wildman–Crippen MR) is 107 cm³/mol. The molecule has 146 valence electrons. The highest BCUT2D eigenvalue weighted by Crippen LogP contribution is 2.31. The molecule has 0 bridgehead atoms. The fourth-order valence-electron chi connectivity index (χ4n) is 2.73. The molecule has 0 atom stereocenters. The zero-order valence-corrected chi connectivity index (χ0v) is 15.9. The number of methoxy groups -OCH3 is 1. The maximum atomic E-state index is 12.3. The van der Waals surface area contributed by atoms with Gasteiger partial charge in [-0.3, -0.25) is 4.79 Å². The van der Waals surface area contributed by atoms with Crippen LogP contribution < -0.4 is 14.8 Å². The number of benzene rings is 2. The van der Waals surface area contributed by atoms with Gasteiger partial charge in [0.1, 0.15) is 29.6 Å². The van der Waals surface area contributed by atoms with Crippen molar-refractivity contribution in [2.24, 2.45) is 0 Å². The summed E-state index contributed by atoms with van der Waals surface area (Å²) >= 11 is 0. The lowest BCUT2D eigenvalue weighted by Crippen LogP contribution is -2.20. The van der Waals surface area contributed by atoms with Gasteiger partial charge in [-0.2, -0.15) is 0 Å². The number of carbonyl (C=O) groups excluding carboxylic acids is 1. The van der Waals surface area contributed by atoms with E-state index in [1.807, 2.05) is 30.3 Å². The lowest BCUT2D eigenvalue weighted by Gasteiger charge is -2.12. The molecule has 0 saturated heterocycles. The third-order valence-corrected chi connectivity index (χ3v) is 4.28. The van der Waals surface area contributed by atoms with Gasteiger partial charge < -0.3 is 24.3 Å². The quantitative estimate of drug-likeness (QED) is 0.616. The van der Waals surface area contributed by atoms with Crippen LogP contribution in [-0.4, -0.2) is 24.7 Å². The molecule has 3 aromatic rings. The Labute approximate surface area is 163 Å². The minimum absolute atomic E-state index is 0.117. The van der Waals surface area contributed by atoms with Crippen LogP contribution >= 0.6 is 0 Å². The molecule has 0 radical (unpaired) electrons. The minimum Gasteiger partial charge on any atom is -0.495 e. The van der Waals surface area contributed by atoms with Crippen molar-refractivity contribution < 1.29 is 23.8 Å². The highest BCUT2D eigenvalue weighted by molar-refractivity contribution is 5.94. The predicted octanol–water partition coefficient (Wildman–Crippen LogP) is 4.03. The second-order valence-corrected chi connectivity index (χ2v) is 6.17. The van der Waals surface area contributed by atoms with Crippen molar-refractivity contribution in [3.63, 3.8) is 0 Å². The Bertz CT molecular complexity index is 930. The zero-order chi connectivity index (χ0) is 19.9. The number of furan rings is 1. The third kappa shape index (κ3) is 4.72. The number of nitrogens with one attached hydrogen (secondary N) is 1. The molecule has 2 N–H and O–H groups in total. The Balaban J connectivity index is 1.68. The molecule has 0 spiro atoms. The van der Waals surface area contributed by atoms with Crippen LogP contribution in [0.15, 0.2) is 59.0 Å². The van der Waals surface area contributed by atoms with Crippen LogP contribution in [0.2, 0.25) is 0 Å². The van der Waals surface area contributed by atoms with E-state index in [4.69, 9.17) is 19.0 Å². The van der Waals surface area contributed by atoms with Gasteiger partial charge in [-0.15, -0.1) is 0 Å². The van der Waals surface area contributed by atoms with E-state index >= 15 is 0 Å². The highest BCUT2D eigenvalue weighted by atomic mass is 16.5. The number of amides is 1. The average Bonchev–Trinajstić information content (AvgIpc) is 3.22. The van der Waals surface area contributed by atoms with Gasteiger partial charge in [-0.05, 0) is 54.4 Å². The van der Waals surface area contributed by atoms with Gasteiger partial charge in [0.25, 0.3) is 5.91 Å². The van der Waals surface area contributed by atoms with Gasteiger partial charge in [0.05, 0.1) is 12.8 Å². The van der Waals surface area contributed by atoms with Gasteiger partial charge in [-0.25, -0.2) is 0 Å². The maximum absolute atomic E-state index is 12.3. The molecule has 1 heterocycles. The number of hydrogen-bond donors (Lipinski definition) is 2. The van der Waals surface area contributed by atoms with Gasteiger partial charge in [0, 0.05) is 5.56 Å². The van der Waals surface area contributed by atoms with E-state index < -0.39 is 0 Å². The van der Waals surface area contributed by atoms with Crippen molar-refractivity contribution in [3.05, 3.63) is 65.9 Å². The van der Waals surface area contributed by atoms with Crippen molar-refractivity contribution in [2.45, 2.75) is 20.0 Å². The van der Waals surface area contributed by atoms with Crippen LogP contribution in [0.1, 0.15) is 18.2 Å². The Morgan fingerprint density at radius 2 is 1.89 bits per heavy atom. The van der Waals surface area contributed by atoms with Gasteiger partial charge in [-0.1, -0.05) is 19.1 Å². The number of ether oxygens (including phenoxy) is 2. The van der Waals surface area contributed by atoms with Crippen LogP contribution in [0, 0.1) is 0 Å². The number of rotatable bonds is 8. The molecule has 0 aliphatic rings. The third-order valence-electron chi connectivity index (χ3n) is 4.28. The lowest BCUT2D eigenvalue weighted by atomic mass is 10.1. The first-order valence-electron chi connectivity index (χ1n) is 9.02. The first-order chi connectivity index (χ1) is 13.6. The van der Waals surface area contributed by atoms with Crippen LogP contribution in [-0.2, 0) is 17.8 Å². The van der Waals surface area contributed by atoms with E-state index in [2.05, 4.69) is 12.2 Å². The molecule has 1 aromatic heterocycles. The van der Waals surface area contributed by atoms with Gasteiger partial charge in [0.15, 0.2) is 6.61 Å². The number of aliphatic hydroxyl groups excluding tert-OH is 1. The summed E-state index contributed by atoms with van der Waals surface area (Å²) in [5.74, 6) is 1.93. The summed E-state index contributed by atoms with van der Waals surface area (Å²) < 4.78 is 16.4. The normalized spacial score (nSPS) is 10.5. The number of carbonyl (C=O) groups is 1. The number of anilines is 1. The molecule has 28 heavy (non-hydrogen) atoms. The molecule has 0 aliphatic carbocycles. The topological polar surface area (TPSA) is 80.9 Å². The summed E-state index contributed by atoms with van der Waals surface area (Å²) in [6.07, 6.45) is 0.951. The monoisotopic (exact) mass is 381 g/mol. The molecular weight excluding hydrogens is 358 g/mol. The average molecular weight is 381 g/mol. The summed E-state index contributed by atoms with van der Waals surface area (Å²) in [4.78, 5) is 12.3. The summed E-state index contributed by atoms with van der Waals surface area (Å²) in [6, 6.07) is 16.4. The second kappa shape index (κ2) is 9.10. The van der Waals surface area contributed by atoms with E-state index in [9.17, 15) is 4.79 Å². The van der Waals surface area contributed by atoms with Crippen LogP contribution in [0.4, 0.5) is 5.69 Å². The molecule has 6 nitrogen and oxygen atoms in total. The van der Waals surface area contributed by atoms with Gasteiger partial charge >= 0.3 is 0 Å². The Hall–Kier alpha value is -3.25. The highest BCUT2D eigenvalue weighted by Gasteiger charge is 2.12.